The molecule has 2 nitrogen and oxygen atoms in total. The lowest BCUT2D eigenvalue weighted by Gasteiger charge is -2.22. The molecule has 1 N–H and O–H groups in total. The van der Waals surface area contributed by atoms with Crippen LogP contribution in [0, 0.1) is 0 Å². The fourth-order valence-corrected chi connectivity index (χ4v) is 4.12. The molecule has 0 bridgehead atoms. The fraction of sp³-hybridized carbons (Fsp3) is 0.292. The summed E-state index contributed by atoms with van der Waals surface area (Å²) in [5, 5.41) is 1.26. The number of aromatic nitrogens is 1. The maximum atomic E-state index is 11.5. The van der Waals surface area contributed by atoms with Crippen LogP contribution >= 0.6 is 0 Å². The lowest BCUT2D eigenvalue weighted by Crippen LogP contribution is -2.05. The summed E-state index contributed by atoms with van der Waals surface area (Å²) in [5.74, 6) is 0.869. The van der Waals surface area contributed by atoms with Gasteiger partial charge in [-0.1, -0.05) is 54.6 Å². The van der Waals surface area contributed by atoms with Crippen LogP contribution in [0.15, 0.2) is 60.7 Å². The number of rotatable bonds is 5. The molecule has 132 valence electrons. The van der Waals surface area contributed by atoms with E-state index in [1.54, 1.807) is 6.92 Å². The van der Waals surface area contributed by atoms with Crippen molar-refractivity contribution in [2.24, 2.45) is 0 Å². The molecule has 1 aliphatic carbocycles. The number of ketones is 1. The normalized spacial score (nSPS) is 17.3. The lowest BCUT2D eigenvalue weighted by molar-refractivity contribution is -0.116. The summed E-state index contributed by atoms with van der Waals surface area (Å²) in [6, 6.07) is 19.3. The number of benzene rings is 2. The van der Waals surface area contributed by atoms with Crippen LogP contribution in [0.3, 0.4) is 0 Å². The molecule has 0 amide bonds. The highest BCUT2D eigenvalue weighted by molar-refractivity contribution is 5.90. The number of H-pyrrole nitrogens is 1. The summed E-state index contributed by atoms with van der Waals surface area (Å²) in [4.78, 5) is 15.2. The van der Waals surface area contributed by atoms with Gasteiger partial charge in [-0.3, -0.25) is 0 Å². The van der Waals surface area contributed by atoms with Gasteiger partial charge in [0.05, 0.1) is 0 Å². The van der Waals surface area contributed by atoms with Gasteiger partial charge in [0, 0.05) is 23.0 Å². The molecule has 0 saturated heterocycles. The van der Waals surface area contributed by atoms with Crippen molar-refractivity contribution in [3.8, 4) is 0 Å². The zero-order valence-electron chi connectivity index (χ0n) is 15.3. The van der Waals surface area contributed by atoms with Crippen LogP contribution in [0.25, 0.3) is 16.5 Å². The second-order valence-corrected chi connectivity index (χ2v) is 7.34. The number of nitrogens with one attached hydrogen (secondary N) is 1. The van der Waals surface area contributed by atoms with E-state index in [0.717, 1.165) is 19.3 Å². The van der Waals surface area contributed by atoms with Crippen molar-refractivity contribution in [2.75, 3.05) is 0 Å². The number of carbonyl (C=O) groups is 1. The minimum atomic E-state index is 0.253. The fourth-order valence-electron chi connectivity index (χ4n) is 4.12. The Balaban J connectivity index is 1.65. The highest BCUT2D eigenvalue weighted by atomic mass is 16.1. The van der Waals surface area contributed by atoms with Gasteiger partial charge in [-0.25, -0.2) is 0 Å². The Labute approximate surface area is 154 Å². The number of aromatic amines is 1. The number of Topliss-reactive ketones (excluding diaryl/α,β-unsaturated/α-hetero) is 1. The molecule has 0 radical (unpaired) electrons. The van der Waals surface area contributed by atoms with E-state index in [0.29, 0.717) is 12.3 Å². The Hall–Kier alpha value is -2.61. The molecular weight excluding hydrogens is 318 g/mol. The summed E-state index contributed by atoms with van der Waals surface area (Å²) < 4.78 is 0. The van der Waals surface area contributed by atoms with Crippen LogP contribution in [0.2, 0.25) is 0 Å². The van der Waals surface area contributed by atoms with Crippen LogP contribution < -0.4 is 0 Å². The van der Waals surface area contributed by atoms with Crippen LogP contribution in [0.4, 0.5) is 0 Å². The highest BCUT2D eigenvalue weighted by Gasteiger charge is 2.21. The van der Waals surface area contributed by atoms with E-state index in [-0.39, 0.29) is 5.78 Å². The maximum Gasteiger partial charge on any atom is 0.130 e. The topological polar surface area (TPSA) is 32.9 Å². The van der Waals surface area contributed by atoms with E-state index >= 15 is 0 Å². The molecule has 1 atom stereocenters. The molecule has 1 unspecified atom stereocenters. The third-order valence-corrected chi connectivity index (χ3v) is 5.54. The first-order chi connectivity index (χ1) is 12.7. The minimum absolute atomic E-state index is 0.253. The van der Waals surface area contributed by atoms with Gasteiger partial charge in [-0.15, -0.1) is 0 Å². The van der Waals surface area contributed by atoms with Gasteiger partial charge in [-0.2, -0.15) is 0 Å². The third-order valence-electron chi connectivity index (χ3n) is 5.54. The van der Waals surface area contributed by atoms with Crippen molar-refractivity contribution in [3.05, 3.63) is 77.5 Å². The average molecular weight is 343 g/mol. The molecule has 1 aromatic heterocycles. The number of allylic oxidation sites excluding steroid dienone is 2. The number of hydrogen-bond donors (Lipinski definition) is 1. The van der Waals surface area contributed by atoms with E-state index in [4.69, 9.17) is 0 Å². The third kappa shape index (κ3) is 3.37. The lowest BCUT2D eigenvalue weighted by atomic mass is 9.83. The summed E-state index contributed by atoms with van der Waals surface area (Å²) in [6.07, 6.45) is 7.17. The predicted octanol–water partition coefficient (Wildman–Crippen LogP) is 6.04. The number of para-hydroxylation sites is 1. The average Bonchev–Trinajstić information content (AvgIpc) is 3.06. The standard InChI is InChI=1S/C24H25NO/c1-17(26)11-16-22-21-9-5-6-10-23(21)25-24(22)20-14-12-19(13-15-20)18-7-3-2-4-8-18/h2-10,14,19,25H,11-13,15-16H2,1H3. The smallest absolute Gasteiger partial charge is 0.130 e. The maximum absolute atomic E-state index is 11.5. The Kier molecular flexibility index (Phi) is 4.75. The van der Waals surface area contributed by atoms with Crippen molar-refractivity contribution in [2.45, 2.75) is 44.9 Å². The monoisotopic (exact) mass is 343 g/mol. The molecule has 1 heterocycles. The highest BCUT2D eigenvalue weighted by Crippen LogP contribution is 2.38. The molecule has 2 aromatic carbocycles. The van der Waals surface area contributed by atoms with Crippen molar-refractivity contribution in [1.29, 1.82) is 0 Å². The van der Waals surface area contributed by atoms with Gasteiger partial charge >= 0.3 is 0 Å². The molecule has 4 rings (SSSR count). The number of hydrogen-bond acceptors (Lipinski definition) is 1. The van der Waals surface area contributed by atoms with Gasteiger partial charge in [0.15, 0.2) is 0 Å². The summed E-state index contributed by atoms with van der Waals surface area (Å²) in [7, 11) is 0. The summed E-state index contributed by atoms with van der Waals surface area (Å²) >= 11 is 0. The molecule has 0 fully saturated rings. The molecule has 3 aromatic rings. The number of aryl methyl sites for hydroxylation is 1. The Morgan fingerprint density at radius 1 is 1.08 bits per heavy atom. The second-order valence-electron chi connectivity index (χ2n) is 7.34. The zero-order valence-corrected chi connectivity index (χ0v) is 15.3. The number of fused-ring (bicyclic) bond motifs is 1. The van der Waals surface area contributed by atoms with Gasteiger partial charge in [0.1, 0.15) is 5.78 Å². The first-order valence-corrected chi connectivity index (χ1v) is 9.55. The van der Waals surface area contributed by atoms with Crippen LogP contribution in [-0.4, -0.2) is 10.8 Å². The first kappa shape index (κ1) is 16.8. The molecule has 0 saturated carbocycles. The molecular formula is C24H25NO. The van der Waals surface area contributed by atoms with Crippen molar-refractivity contribution in [3.63, 3.8) is 0 Å². The molecule has 0 aliphatic heterocycles. The quantitative estimate of drug-likeness (QED) is 0.602. The first-order valence-electron chi connectivity index (χ1n) is 9.55. The Bertz CT molecular complexity index is 949. The molecule has 0 spiro atoms. The molecule has 26 heavy (non-hydrogen) atoms. The van der Waals surface area contributed by atoms with Gasteiger partial charge < -0.3 is 9.78 Å². The number of carbonyl (C=O) groups excluding carboxylic acids is 1. The predicted molar refractivity (Wildman–Crippen MR) is 108 cm³/mol. The van der Waals surface area contributed by atoms with E-state index in [2.05, 4.69) is 65.7 Å². The second kappa shape index (κ2) is 7.33. The van der Waals surface area contributed by atoms with Crippen LogP contribution in [0.1, 0.15) is 55.3 Å². The summed E-state index contributed by atoms with van der Waals surface area (Å²) in [5.41, 5.74) is 6.58. The summed E-state index contributed by atoms with van der Waals surface area (Å²) in [6.45, 7) is 1.68. The minimum Gasteiger partial charge on any atom is -0.355 e. The molecule has 1 aliphatic rings. The van der Waals surface area contributed by atoms with Gasteiger partial charge in [0.25, 0.3) is 0 Å². The van der Waals surface area contributed by atoms with Gasteiger partial charge in [0.2, 0.25) is 0 Å². The van der Waals surface area contributed by atoms with Crippen molar-refractivity contribution >= 4 is 22.3 Å². The van der Waals surface area contributed by atoms with E-state index in [1.807, 2.05) is 0 Å². The van der Waals surface area contributed by atoms with Crippen molar-refractivity contribution in [1.82, 2.24) is 4.98 Å². The van der Waals surface area contributed by atoms with Gasteiger partial charge in [-0.05, 0) is 61.3 Å². The van der Waals surface area contributed by atoms with E-state index in [1.165, 1.54) is 39.7 Å². The van der Waals surface area contributed by atoms with E-state index < -0.39 is 0 Å². The van der Waals surface area contributed by atoms with Crippen LogP contribution in [-0.2, 0) is 11.2 Å². The van der Waals surface area contributed by atoms with Crippen molar-refractivity contribution < 1.29 is 4.79 Å². The SMILES string of the molecule is CC(=O)CCc1c(C2=CCC(c3ccccc3)CC2)[nH]c2ccccc12. The Morgan fingerprint density at radius 2 is 1.85 bits per heavy atom. The van der Waals surface area contributed by atoms with Crippen LogP contribution in [0.5, 0.6) is 0 Å². The van der Waals surface area contributed by atoms with E-state index in [9.17, 15) is 4.79 Å². The largest absolute Gasteiger partial charge is 0.355 e. The Morgan fingerprint density at radius 3 is 2.58 bits per heavy atom. The zero-order chi connectivity index (χ0) is 17.9. The molecule has 2 heteroatoms.